The van der Waals surface area contributed by atoms with E-state index in [2.05, 4.69) is 9.73 Å². The zero-order valence-corrected chi connectivity index (χ0v) is 6.83. The summed E-state index contributed by atoms with van der Waals surface area (Å²) in [6, 6.07) is 0. The number of carbonyl (C=O) groups is 1. The van der Waals surface area contributed by atoms with Crippen LogP contribution in [0.5, 0.6) is 0 Å². The molecule has 0 aliphatic carbocycles. The summed E-state index contributed by atoms with van der Waals surface area (Å²) in [6.45, 7) is 3.13. The first-order valence-electron chi connectivity index (χ1n) is 3.28. The van der Waals surface area contributed by atoms with Crippen molar-refractivity contribution in [3.8, 4) is 0 Å². The van der Waals surface area contributed by atoms with E-state index >= 15 is 0 Å². The highest BCUT2D eigenvalue weighted by Gasteiger charge is 2.09. The molecule has 5 nitrogen and oxygen atoms in total. The number of nitrogens with zero attached hydrogens (tertiary/aromatic N) is 1. The van der Waals surface area contributed by atoms with Gasteiger partial charge in [0.05, 0.1) is 12.2 Å². The topological polar surface area (TPSA) is 76.0 Å². The number of isocyanates is 1. The molecule has 0 unspecified atom stereocenters. The number of rotatable bonds is 3. The van der Waals surface area contributed by atoms with Crippen LogP contribution in [-0.2, 0) is 14.3 Å². The van der Waals surface area contributed by atoms with Crippen LogP contribution >= 0.6 is 0 Å². The quantitative estimate of drug-likeness (QED) is 0.222. The molecule has 0 fully saturated rings. The molecule has 0 aromatic rings. The number of carbonyl (C=O) groups excluding carboxylic acids is 2. The van der Waals surface area contributed by atoms with Crippen molar-refractivity contribution in [1.82, 2.24) is 0 Å². The van der Waals surface area contributed by atoms with E-state index in [1.54, 1.807) is 6.92 Å². The van der Waals surface area contributed by atoms with Gasteiger partial charge in [-0.1, -0.05) is 0 Å². The average Bonchev–Trinajstić information content (AvgIpc) is 2.04. The van der Waals surface area contributed by atoms with Crippen LogP contribution in [0.4, 0.5) is 0 Å². The summed E-state index contributed by atoms with van der Waals surface area (Å²) in [7, 11) is 0. The maximum absolute atomic E-state index is 10.8. The molecule has 0 aromatic carbocycles. The van der Waals surface area contributed by atoms with Crippen LogP contribution in [-0.4, -0.2) is 23.8 Å². The van der Waals surface area contributed by atoms with Gasteiger partial charge in [-0.05, 0) is 13.8 Å². The molecular formula is C7H9NO4. The minimum absolute atomic E-state index is 0.111. The highest BCUT2D eigenvalue weighted by Crippen LogP contribution is 2.03. The smallest absolute Gasteiger partial charge is 0.339 e. The van der Waals surface area contributed by atoms with E-state index in [1.807, 2.05) is 0 Å². The van der Waals surface area contributed by atoms with Crippen molar-refractivity contribution in [3.63, 3.8) is 0 Å². The van der Waals surface area contributed by atoms with E-state index in [1.165, 1.54) is 6.92 Å². The van der Waals surface area contributed by atoms with Crippen LogP contribution in [0, 0.1) is 0 Å². The third-order valence-electron chi connectivity index (χ3n) is 1.07. The molecule has 5 heteroatoms. The molecule has 0 saturated carbocycles. The molecule has 1 N–H and O–H groups in total. The van der Waals surface area contributed by atoms with Gasteiger partial charge >= 0.3 is 5.97 Å². The second-order valence-electron chi connectivity index (χ2n) is 1.87. The van der Waals surface area contributed by atoms with Gasteiger partial charge in [0, 0.05) is 0 Å². The van der Waals surface area contributed by atoms with Gasteiger partial charge in [-0.2, -0.15) is 0 Å². The van der Waals surface area contributed by atoms with Crippen molar-refractivity contribution in [1.29, 1.82) is 0 Å². The fourth-order valence-corrected chi connectivity index (χ4v) is 0.458. The molecule has 0 spiro atoms. The summed E-state index contributed by atoms with van der Waals surface area (Å²) in [5.74, 6) is -1.36. The van der Waals surface area contributed by atoms with Gasteiger partial charge in [0.25, 0.3) is 0 Å². The SMILES string of the molecule is CCOC(=O)C(C)=C(O)N=C=O. The molecule has 12 heavy (non-hydrogen) atoms. The minimum Gasteiger partial charge on any atom is -0.492 e. The van der Waals surface area contributed by atoms with E-state index in [9.17, 15) is 9.59 Å². The third-order valence-corrected chi connectivity index (χ3v) is 1.07. The summed E-state index contributed by atoms with van der Waals surface area (Å²) in [5, 5.41) is 8.86. The molecule has 0 heterocycles. The molecule has 0 rings (SSSR count). The lowest BCUT2D eigenvalue weighted by Crippen LogP contribution is -2.07. The van der Waals surface area contributed by atoms with Crippen LogP contribution in [0.3, 0.4) is 0 Å². The normalized spacial score (nSPS) is 11.2. The lowest BCUT2D eigenvalue weighted by molar-refractivity contribution is -0.138. The number of hydrogen-bond acceptors (Lipinski definition) is 5. The predicted octanol–water partition coefficient (Wildman–Crippen LogP) is 0.675. The molecule has 0 atom stereocenters. The first kappa shape index (κ1) is 10.4. The summed E-state index contributed by atoms with van der Waals surface area (Å²) in [6.07, 6.45) is 1.10. The molecule has 0 aliphatic rings. The summed E-state index contributed by atoms with van der Waals surface area (Å²) in [4.78, 5) is 23.3. The van der Waals surface area contributed by atoms with Gasteiger partial charge in [0.1, 0.15) is 0 Å². The lowest BCUT2D eigenvalue weighted by Gasteiger charge is -2.00. The Kier molecular flexibility index (Phi) is 4.41. The highest BCUT2D eigenvalue weighted by molar-refractivity contribution is 5.88. The van der Waals surface area contributed by atoms with Crippen molar-refractivity contribution in [2.24, 2.45) is 4.99 Å². The van der Waals surface area contributed by atoms with Gasteiger partial charge in [0.15, 0.2) is 0 Å². The fourth-order valence-electron chi connectivity index (χ4n) is 0.458. The van der Waals surface area contributed by atoms with Crippen molar-refractivity contribution in [2.75, 3.05) is 6.61 Å². The zero-order chi connectivity index (χ0) is 9.56. The third kappa shape index (κ3) is 2.98. The average molecular weight is 171 g/mol. The monoisotopic (exact) mass is 171 g/mol. The second-order valence-corrected chi connectivity index (χ2v) is 1.87. The number of aliphatic hydroxyl groups is 1. The number of esters is 1. The molecule has 0 aliphatic heterocycles. The summed E-state index contributed by atoms with van der Waals surface area (Å²) < 4.78 is 4.52. The second kappa shape index (κ2) is 5.09. The highest BCUT2D eigenvalue weighted by atomic mass is 16.5. The van der Waals surface area contributed by atoms with Gasteiger partial charge in [-0.3, -0.25) is 0 Å². The fraction of sp³-hybridized carbons (Fsp3) is 0.429. The van der Waals surface area contributed by atoms with Crippen molar-refractivity contribution >= 4 is 12.0 Å². The number of aliphatic hydroxyl groups excluding tert-OH is 1. The maximum atomic E-state index is 10.8. The molecule has 66 valence electrons. The van der Waals surface area contributed by atoms with Crippen LogP contribution < -0.4 is 0 Å². The van der Waals surface area contributed by atoms with E-state index in [0.29, 0.717) is 0 Å². The Labute approximate surface area is 69.4 Å². The molecule has 0 aromatic heterocycles. The number of aliphatic imine (C=N–C) groups is 1. The van der Waals surface area contributed by atoms with Gasteiger partial charge in [0.2, 0.25) is 12.0 Å². The van der Waals surface area contributed by atoms with Crippen molar-refractivity contribution < 1.29 is 19.4 Å². The van der Waals surface area contributed by atoms with E-state index in [4.69, 9.17) is 5.11 Å². The Morgan fingerprint density at radius 1 is 1.67 bits per heavy atom. The Balaban J connectivity index is 4.53. The molecule has 0 radical (unpaired) electrons. The number of ether oxygens (including phenoxy) is 1. The lowest BCUT2D eigenvalue weighted by atomic mass is 10.3. The first-order valence-corrected chi connectivity index (χ1v) is 3.28. The van der Waals surface area contributed by atoms with Crippen LogP contribution in [0.15, 0.2) is 16.4 Å². The van der Waals surface area contributed by atoms with Gasteiger partial charge < -0.3 is 9.84 Å². The molecule has 0 saturated heterocycles. The summed E-state index contributed by atoms with van der Waals surface area (Å²) >= 11 is 0. The van der Waals surface area contributed by atoms with E-state index in [0.717, 1.165) is 6.08 Å². The van der Waals surface area contributed by atoms with Crippen LogP contribution in [0.25, 0.3) is 0 Å². The van der Waals surface area contributed by atoms with E-state index in [-0.39, 0.29) is 12.2 Å². The molecule has 0 bridgehead atoms. The molecular weight excluding hydrogens is 162 g/mol. The Morgan fingerprint density at radius 2 is 2.25 bits per heavy atom. The Bertz CT molecular complexity index is 250. The maximum Gasteiger partial charge on any atom is 0.339 e. The minimum atomic E-state index is -0.700. The Hall–Kier alpha value is -1.61. The van der Waals surface area contributed by atoms with Crippen LogP contribution in [0.1, 0.15) is 13.8 Å². The van der Waals surface area contributed by atoms with Crippen molar-refractivity contribution in [3.05, 3.63) is 11.5 Å². The zero-order valence-electron chi connectivity index (χ0n) is 6.83. The molecule has 0 amide bonds. The first-order chi connectivity index (χ1) is 5.63. The Morgan fingerprint density at radius 3 is 2.67 bits per heavy atom. The largest absolute Gasteiger partial charge is 0.492 e. The van der Waals surface area contributed by atoms with E-state index < -0.39 is 11.9 Å². The van der Waals surface area contributed by atoms with Gasteiger partial charge in [-0.15, -0.1) is 4.99 Å². The number of hydrogen-bond donors (Lipinski definition) is 1. The van der Waals surface area contributed by atoms with Gasteiger partial charge in [-0.25, -0.2) is 9.59 Å². The van der Waals surface area contributed by atoms with Crippen molar-refractivity contribution in [2.45, 2.75) is 13.8 Å². The summed E-state index contributed by atoms with van der Waals surface area (Å²) in [5.41, 5.74) is -0.111. The predicted molar refractivity (Wildman–Crippen MR) is 40.1 cm³/mol. The standard InChI is InChI=1S/C7H9NO4/c1-3-12-7(11)5(2)6(10)8-4-9/h10H,3H2,1-2H3. The van der Waals surface area contributed by atoms with Crippen LogP contribution in [0.2, 0.25) is 0 Å².